The number of rotatable bonds is 3. The first kappa shape index (κ1) is 12.3. The number of nitrogens with zero attached hydrogens (tertiary/aromatic N) is 1. The number of alkyl halides is 3. The van der Waals surface area contributed by atoms with Gasteiger partial charge in [0.1, 0.15) is 5.15 Å². The lowest BCUT2D eigenvalue weighted by atomic mass is 10.1. The molecule has 0 bridgehead atoms. The van der Waals surface area contributed by atoms with Crippen molar-refractivity contribution in [1.82, 2.24) is 4.98 Å². The molecule has 2 N–H and O–H groups in total. The van der Waals surface area contributed by atoms with Crippen LogP contribution in [0.5, 0.6) is 0 Å². The maximum atomic E-state index is 12.5. The third-order valence-corrected chi connectivity index (χ3v) is 2.07. The van der Waals surface area contributed by atoms with E-state index in [9.17, 15) is 13.2 Å². The van der Waals surface area contributed by atoms with Gasteiger partial charge in [0.25, 0.3) is 0 Å². The number of hydrogen-bond acceptors (Lipinski definition) is 2. The van der Waals surface area contributed by atoms with Crippen LogP contribution in [-0.4, -0.2) is 11.5 Å². The van der Waals surface area contributed by atoms with Gasteiger partial charge in [-0.05, 0) is 31.5 Å². The second-order valence-electron chi connectivity index (χ2n) is 3.02. The van der Waals surface area contributed by atoms with Gasteiger partial charge in [0.15, 0.2) is 0 Å². The van der Waals surface area contributed by atoms with Crippen LogP contribution >= 0.6 is 11.6 Å². The quantitative estimate of drug-likeness (QED) is 0.823. The average Bonchev–Trinajstić information content (AvgIpc) is 2.12. The molecule has 0 aliphatic rings. The van der Waals surface area contributed by atoms with Gasteiger partial charge >= 0.3 is 6.18 Å². The summed E-state index contributed by atoms with van der Waals surface area (Å²) in [6.45, 7) is 0.325. The minimum Gasteiger partial charge on any atom is -0.330 e. The number of aromatic nitrogens is 1. The lowest BCUT2D eigenvalue weighted by Crippen LogP contribution is -2.12. The van der Waals surface area contributed by atoms with Gasteiger partial charge in [-0.3, -0.25) is 0 Å². The Morgan fingerprint density at radius 1 is 1.33 bits per heavy atom. The zero-order valence-corrected chi connectivity index (χ0v) is 8.57. The highest BCUT2D eigenvalue weighted by molar-refractivity contribution is 6.29. The molecule has 1 aromatic rings. The molecule has 0 aliphatic carbocycles. The number of hydrogen-bond donors (Lipinski definition) is 1. The third kappa shape index (κ3) is 3.35. The summed E-state index contributed by atoms with van der Waals surface area (Å²) in [6, 6.07) is 2.08. The van der Waals surface area contributed by atoms with E-state index >= 15 is 0 Å². The van der Waals surface area contributed by atoms with E-state index in [1.54, 1.807) is 0 Å². The summed E-state index contributed by atoms with van der Waals surface area (Å²) in [5.41, 5.74) is 4.45. The summed E-state index contributed by atoms with van der Waals surface area (Å²) in [7, 11) is 0. The fourth-order valence-corrected chi connectivity index (χ4v) is 1.36. The molecule has 0 radical (unpaired) electrons. The van der Waals surface area contributed by atoms with Crippen LogP contribution in [0.1, 0.15) is 17.7 Å². The van der Waals surface area contributed by atoms with Crippen molar-refractivity contribution in [3.05, 3.63) is 28.5 Å². The summed E-state index contributed by atoms with van der Waals surface area (Å²) in [6.07, 6.45) is -3.75. The number of pyridine rings is 1. The Bertz CT molecular complexity index is 339. The van der Waals surface area contributed by atoms with Gasteiger partial charge < -0.3 is 5.73 Å². The minimum absolute atomic E-state index is 0.0412. The van der Waals surface area contributed by atoms with E-state index in [0.717, 1.165) is 12.1 Å². The van der Waals surface area contributed by atoms with Crippen LogP contribution in [0.25, 0.3) is 0 Å². The Morgan fingerprint density at radius 3 is 2.53 bits per heavy atom. The molecular weight excluding hydrogens is 229 g/mol. The number of nitrogens with two attached hydrogens (primary N) is 1. The summed E-state index contributed by atoms with van der Waals surface area (Å²) >= 11 is 5.54. The molecule has 0 amide bonds. The van der Waals surface area contributed by atoms with Crippen molar-refractivity contribution in [3.63, 3.8) is 0 Å². The summed E-state index contributed by atoms with van der Waals surface area (Å²) in [5, 5.41) is 0.0648. The Morgan fingerprint density at radius 2 is 2.00 bits per heavy atom. The maximum absolute atomic E-state index is 12.5. The Kier molecular flexibility index (Phi) is 3.93. The molecule has 84 valence electrons. The highest BCUT2D eigenvalue weighted by atomic mass is 35.5. The average molecular weight is 239 g/mol. The molecule has 0 unspecified atom stereocenters. The van der Waals surface area contributed by atoms with Crippen LogP contribution in [-0.2, 0) is 12.6 Å². The molecule has 0 aliphatic heterocycles. The second kappa shape index (κ2) is 4.81. The molecule has 0 aromatic carbocycles. The van der Waals surface area contributed by atoms with E-state index in [1.807, 2.05) is 0 Å². The first-order valence-electron chi connectivity index (χ1n) is 4.38. The van der Waals surface area contributed by atoms with Crippen LogP contribution in [0.3, 0.4) is 0 Å². The molecule has 6 heteroatoms. The molecule has 0 spiro atoms. The molecule has 1 aromatic heterocycles. The van der Waals surface area contributed by atoms with E-state index in [-0.39, 0.29) is 17.3 Å². The van der Waals surface area contributed by atoms with Gasteiger partial charge in [0, 0.05) is 0 Å². The fraction of sp³-hybridized carbons (Fsp3) is 0.444. The Hall–Kier alpha value is -0.810. The molecule has 0 saturated carbocycles. The molecule has 2 nitrogen and oxygen atoms in total. The van der Waals surface area contributed by atoms with Gasteiger partial charge in [0.05, 0.1) is 11.3 Å². The van der Waals surface area contributed by atoms with Crippen molar-refractivity contribution in [2.75, 3.05) is 6.54 Å². The Balaban J connectivity index is 3.03. The van der Waals surface area contributed by atoms with Gasteiger partial charge in [-0.15, -0.1) is 0 Å². The zero-order chi connectivity index (χ0) is 11.5. The number of aryl methyl sites for hydroxylation is 1. The molecule has 0 fully saturated rings. The van der Waals surface area contributed by atoms with Crippen molar-refractivity contribution >= 4 is 11.6 Å². The lowest BCUT2D eigenvalue weighted by molar-refractivity contribution is -0.138. The van der Waals surface area contributed by atoms with Crippen LogP contribution < -0.4 is 5.73 Å². The van der Waals surface area contributed by atoms with Gasteiger partial charge in [-0.1, -0.05) is 11.6 Å². The molecule has 1 rings (SSSR count). The topological polar surface area (TPSA) is 38.9 Å². The van der Waals surface area contributed by atoms with Gasteiger partial charge in [-0.2, -0.15) is 13.2 Å². The highest BCUT2D eigenvalue weighted by Crippen LogP contribution is 2.32. The normalized spacial score (nSPS) is 11.8. The lowest BCUT2D eigenvalue weighted by Gasteiger charge is -2.11. The maximum Gasteiger partial charge on any atom is 0.418 e. The fourth-order valence-electron chi connectivity index (χ4n) is 1.19. The van der Waals surface area contributed by atoms with E-state index in [1.165, 1.54) is 0 Å². The van der Waals surface area contributed by atoms with Crippen LogP contribution in [0.4, 0.5) is 13.2 Å². The van der Waals surface area contributed by atoms with Crippen molar-refractivity contribution in [2.24, 2.45) is 5.73 Å². The summed E-state index contributed by atoms with van der Waals surface area (Å²) in [4.78, 5) is 3.67. The Labute approximate surface area is 90.3 Å². The van der Waals surface area contributed by atoms with E-state index < -0.39 is 11.7 Å². The van der Waals surface area contributed by atoms with Crippen LogP contribution in [0.2, 0.25) is 5.15 Å². The zero-order valence-electron chi connectivity index (χ0n) is 7.81. The summed E-state index contributed by atoms with van der Waals surface area (Å²) in [5.74, 6) is 0. The van der Waals surface area contributed by atoms with Crippen molar-refractivity contribution in [1.29, 1.82) is 0 Å². The van der Waals surface area contributed by atoms with Crippen LogP contribution in [0, 0.1) is 0 Å². The SMILES string of the molecule is NCCCc1nc(Cl)ccc1C(F)(F)F. The van der Waals surface area contributed by atoms with Crippen molar-refractivity contribution < 1.29 is 13.2 Å². The van der Waals surface area contributed by atoms with Crippen molar-refractivity contribution in [2.45, 2.75) is 19.0 Å². The molecule has 1 heterocycles. The van der Waals surface area contributed by atoms with E-state index in [2.05, 4.69) is 4.98 Å². The van der Waals surface area contributed by atoms with Gasteiger partial charge in [0.2, 0.25) is 0 Å². The van der Waals surface area contributed by atoms with Crippen molar-refractivity contribution in [3.8, 4) is 0 Å². The van der Waals surface area contributed by atoms with E-state index in [0.29, 0.717) is 13.0 Å². The molecule has 0 atom stereocenters. The summed E-state index contributed by atoms with van der Waals surface area (Å²) < 4.78 is 37.5. The molecule has 15 heavy (non-hydrogen) atoms. The smallest absolute Gasteiger partial charge is 0.330 e. The predicted molar refractivity (Wildman–Crippen MR) is 51.6 cm³/mol. The molecular formula is C9H10ClF3N2. The standard InChI is InChI=1S/C9H10ClF3N2/c10-8-4-3-6(9(11,12)13)7(15-8)2-1-5-14/h3-4H,1-2,5,14H2. The van der Waals surface area contributed by atoms with E-state index in [4.69, 9.17) is 17.3 Å². The van der Waals surface area contributed by atoms with Gasteiger partial charge in [-0.25, -0.2) is 4.98 Å². The first-order valence-corrected chi connectivity index (χ1v) is 4.75. The monoisotopic (exact) mass is 238 g/mol. The largest absolute Gasteiger partial charge is 0.418 e. The third-order valence-electron chi connectivity index (χ3n) is 1.86. The second-order valence-corrected chi connectivity index (χ2v) is 3.41. The highest BCUT2D eigenvalue weighted by Gasteiger charge is 2.33. The van der Waals surface area contributed by atoms with Crippen LogP contribution in [0.15, 0.2) is 12.1 Å². The number of halogens is 4. The first-order chi connectivity index (χ1) is 6.95. The predicted octanol–water partition coefficient (Wildman–Crippen LogP) is 2.65. The molecule has 0 saturated heterocycles. The minimum atomic E-state index is -4.39.